The van der Waals surface area contributed by atoms with Crippen molar-refractivity contribution in [2.24, 2.45) is 4.99 Å². The molecule has 3 aromatic rings. The average Bonchev–Trinajstić information content (AvgIpc) is 3.03. The second-order valence-electron chi connectivity index (χ2n) is 6.31. The van der Waals surface area contributed by atoms with Crippen LogP contribution in [0.2, 0.25) is 5.02 Å². The number of sulfone groups is 1. The first-order chi connectivity index (χ1) is 13.6. The van der Waals surface area contributed by atoms with E-state index in [4.69, 9.17) is 16.3 Å². The lowest BCUT2D eigenvalue weighted by Crippen LogP contribution is -2.22. The highest BCUT2D eigenvalue weighted by atomic mass is 35.5. The van der Waals surface area contributed by atoms with Crippen LogP contribution >= 0.6 is 22.9 Å². The van der Waals surface area contributed by atoms with Gasteiger partial charge in [-0.3, -0.25) is 9.59 Å². The van der Waals surface area contributed by atoms with Crippen LogP contribution in [0.5, 0.6) is 0 Å². The molecule has 0 radical (unpaired) electrons. The van der Waals surface area contributed by atoms with E-state index in [1.54, 1.807) is 10.6 Å². The van der Waals surface area contributed by atoms with Crippen molar-refractivity contribution < 1.29 is 22.7 Å². The normalized spacial score (nSPS) is 12.3. The third kappa shape index (κ3) is 4.42. The molecule has 152 valence electrons. The van der Waals surface area contributed by atoms with Gasteiger partial charge >= 0.3 is 5.97 Å². The number of aryl methyl sites for hydroxylation is 1. The van der Waals surface area contributed by atoms with Crippen molar-refractivity contribution in [1.29, 1.82) is 0 Å². The number of benzene rings is 2. The lowest BCUT2D eigenvalue weighted by molar-refractivity contribution is -0.141. The Morgan fingerprint density at radius 3 is 2.62 bits per heavy atom. The van der Waals surface area contributed by atoms with Crippen molar-refractivity contribution in [1.82, 2.24) is 4.57 Å². The van der Waals surface area contributed by atoms with Crippen LogP contribution in [0, 0.1) is 6.92 Å². The van der Waals surface area contributed by atoms with E-state index in [1.807, 2.05) is 13.0 Å². The zero-order valence-corrected chi connectivity index (χ0v) is 18.2. The van der Waals surface area contributed by atoms with Crippen molar-refractivity contribution in [3.05, 3.63) is 57.3 Å². The van der Waals surface area contributed by atoms with Gasteiger partial charge in [0.05, 0.1) is 27.2 Å². The highest BCUT2D eigenvalue weighted by molar-refractivity contribution is 7.90. The molecule has 0 saturated heterocycles. The maximum absolute atomic E-state index is 12.7. The van der Waals surface area contributed by atoms with E-state index < -0.39 is 21.7 Å². The molecule has 3 rings (SSSR count). The molecule has 29 heavy (non-hydrogen) atoms. The molecule has 0 aliphatic carbocycles. The smallest absolute Gasteiger partial charge is 0.325 e. The van der Waals surface area contributed by atoms with Crippen molar-refractivity contribution in [3.63, 3.8) is 0 Å². The van der Waals surface area contributed by atoms with Gasteiger partial charge in [-0.2, -0.15) is 4.99 Å². The number of aromatic nitrogens is 1. The maximum Gasteiger partial charge on any atom is 0.325 e. The molecule has 7 nitrogen and oxygen atoms in total. The van der Waals surface area contributed by atoms with Gasteiger partial charge in [0.2, 0.25) is 0 Å². The summed E-state index contributed by atoms with van der Waals surface area (Å²) in [7, 11) is -2.19. The molecule has 0 bridgehead atoms. The summed E-state index contributed by atoms with van der Waals surface area (Å²) in [6.07, 6.45) is 1.06. The summed E-state index contributed by atoms with van der Waals surface area (Å²) in [6.45, 7) is 1.72. The Kier molecular flexibility index (Phi) is 5.92. The highest BCUT2D eigenvalue weighted by Crippen LogP contribution is 2.29. The van der Waals surface area contributed by atoms with Crippen LogP contribution in [0.25, 0.3) is 10.2 Å². The first-order valence-electron chi connectivity index (χ1n) is 8.36. The van der Waals surface area contributed by atoms with Crippen LogP contribution in [0.15, 0.2) is 46.3 Å². The fraction of sp³-hybridized carbons (Fsp3) is 0.211. The third-order valence-corrected chi connectivity index (χ3v) is 6.85. The molecule has 1 amide bonds. The van der Waals surface area contributed by atoms with Crippen molar-refractivity contribution in [2.75, 3.05) is 13.4 Å². The molecular weight excluding hydrogens is 436 g/mol. The molecule has 0 fully saturated rings. The Balaban J connectivity index is 2.21. The fourth-order valence-electron chi connectivity index (χ4n) is 2.75. The highest BCUT2D eigenvalue weighted by Gasteiger charge is 2.17. The number of thiazole rings is 1. The summed E-state index contributed by atoms with van der Waals surface area (Å²) in [4.78, 5) is 29.1. The second kappa shape index (κ2) is 8.10. The number of carbonyl (C=O) groups excluding carboxylic acids is 2. The van der Waals surface area contributed by atoms with Crippen molar-refractivity contribution in [3.8, 4) is 0 Å². The van der Waals surface area contributed by atoms with E-state index in [0.717, 1.165) is 11.8 Å². The Morgan fingerprint density at radius 1 is 1.24 bits per heavy atom. The van der Waals surface area contributed by atoms with E-state index in [-0.39, 0.29) is 21.8 Å². The first kappa shape index (κ1) is 21.2. The van der Waals surface area contributed by atoms with E-state index in [2.05, 4.69) is 4.99 Å². The molecular formula is C19H17ClN2O5S2. The number of rotatable bonds is 4. The Hall–Kier alpha value is -2.49. The van der Waals surface area contributed by atoms with E-state index in [1.165, 1.54) is 42.7 Å². The SMILES string of the molecule is COC(=O)Cn1c(=NC(=O)c2cccc(S(C)(=O)=O)c2)sc2c(Cl)ccc(C)c21. The number of hydrogen-bond acceptors (Lipinski definition) is 6. The van der Waals surface area contributed by atoms with Gasteiger partial charge in [-0.25, -0.2) is 8.42 Å². The van der Waals surface area contributed by atoms with Gasteiger partial charge in [-0.05, 0) is 36.8 Å². The summed E-state index contributed by atoms with van der Waals surface area (Å²) < 4.78 is 30.5. The standard InChI is InChI=1S/C19H17ClN2O5S2/c1-11-7-8-14(20)17-16(11)22(10-15(23)27-2)19(28-17)21-18(24)12-5-4-6-13(9-12)29(3,25)26/h4-9H,10H2,1-3H3. The fourth-order valence-corrected chi connectivity index (χ4v) is 4.80. The van der Waals surface area contributed by atoms with Crippen LogP contribution < -0.4 is 4.80 Å². The molecule has 2 aromatic carbocycles. The molecule has 1 heterocycles. The van der Waals surface area contributed by atoms with Gasteiger partial charge < -0.3 is 9.30 Å². The Bertz CT molecular complexity index is 1310. The van der Waals surface area contributed by atoms with Crippen LogP contribution in [-0.2, 0) is 25.9 Å². The number of methoxy groups -OCH3 is 1. The topological polar surface area (TPSA) is 94.8 Å². The van der Waals surface area contributed by atoms with Gasteiger partial charge in [0.15, 0.2) is 14.6 Å². The second-order valence-corrected chi connectivity index (χ2v) is 9.71. The Labute approximate surface area is 176 Å². The van der Waals surface area contributed by atoms with E-state index >= 15 is 0 Å². The van der Waals surface area contributed by atoms with E-state index in [9.17, 15) is 18.0 Å². The van der Waals surface area contributed by atoms with Crippen LogP contribution in [-0.4, -0.2) is 38.2 Å². The summed E-state index contributed by atoms with van der Waals surface area (Å²) in [5.41, 5.74) is 1.67. The molecule has 0 atom stereocenters. The molecule has 10 heteroatoms. The minimum Gasteiger partial charge on any atom is -0.468 e. The van der Waals surface area contributed by atoms with Crippen LogP contribution in [0.1, 0.15) is 15.9 Å². The zero-order chi connectivity index (χ0) is 21.3. The lowest BCUT2D eigenvalue weighted by atomic mass is 10.2. The molecule has 0 spiro atoms. The lowest BCUT2D eigenvalue weighted by Gasteiger charge is -2.06. The number of ether oxygens (including phenoxy) is 1. The van der Waals surface area contributed by atoms with E-state index in [0.29, 0.717) is 15.2 Å². The number of amides is 1. The van der Waals surface area contributed by atoms with Crippen molar-refractivity contribution in [2.45, 2.75) is 18.4 Å². The molecule has 0 aliphatic heterocycles. The van der Waals surface area contributed by atoms with Gasteiger partial charge in [-0.1, -0.05) is 35.1 Å². The minimum absolute atomic E-state index is 0.0243. The Morgan fingerprint density at radius 2 is 1.97 bits per heavy atom. The summed E-state index contributed by atoms with van der Waals surface area (Å²) in [5, 5.41) is 0.474. The van der Waals surface area contributed by atoms with Crippen molar-refractivity contribution >= 4 is 54.9 Å². The summed E-state index contributed by atoms with van der Waals surface area (Å²) in [6, 6.07) is 9.19. The molecule has 0 unspecified atom stereocenters. The maximum atomic E-state index is 12.7. The number of fused-ring (bicyclic) bond motifs is 1. The summed E-state index contributed by atoms with van der Waals surface area (Å²) in [5.74, 6) is -1.13. The predicted octanol–water partition coefficient (Wildman–Crippen LogP) is 2.98. The average molecular weight is 453 g/mol. The quantitative estimate of drug-likeness (QED) is 0.567. The van der Waals surface area contributed by atoms with Crippen LogP contribution in [0.3, 0.4) is 0 Å². The number of esters is 1. The van der Waals surface area contributed by atoms with Gasteiger partial charge in [0.25, 0.3) is 5.91 Å². The predicted molar refractivity (Wildman–Crippen MR) is 111 cm³/mol. The summed E-state index contributed by atoms with van der Waals surface area (Å²) >= 11 is 7.46. The molecule has 1 aromatic heterocycles. The number of hydrogen-bond donors (Lipinski definition) is 0. The minimum atomic E-state index is -3.47. The number of nitrogens with zero attached hydrogens (tertiary/aromatic N) is 2. The molecule has 0 N–H and O–H groups in total. The van der Waals surface area contributed by atoms with Gasteiger partial charge in [0.1, 0.15) is 6.54 Å². The molecule has 0 aliphatic rings. The molecule has 0 saturated carbocycles. The number of halogens is 1. The monoisotopic (exact) mass is 452 g/mol. The van der Waals surface area contributed by atoms with Gasteiger partial charge in [0, 0.05) is 11.8 Å². The van der Waals surface area contributed by atoms with Gasteiger partial charge in [-0.15, -0.1) is 0 Å². The third-order valence-electron chi connectivity index (χ3n) is 4.20. The van der Waals surface area contributed by atoms with Crippen LogP contribution in [0.4, 0.5) is 0 Å². The number of carbonyl (C=O) groups is 2. The zero-order valence-electron chi connectivity index (χ0n) is 15.8. The largest absolute Gasteiger partial charge is 0.468 e. The first-order valence-corrected chi connectivity index (χ1v) is 11.4.